The molecule has 0 saturated carbocycles. The quantitative estimate of drug-likeness (QED) is 0.148. The number of fused-ring (bicyclic) bond motifs is 6. The predicted molar refractivity (Wildman–Crippen MR) is 270 cm³/mol. The van der Waals surface area contributed by atoms with Crippen LogP contribution in [0.3, 0.4) is 0 Å². The number of hydrogen-bond donors (Lipinski definition) is 0. The zero-order valence-electron chi connectivity index (χ0n) is 36.5. The molecule has 3 heteroatoms. The summed E-state index contributed by atoms with van der Waals surface area (Å²) in [6.45, 7) is 2.29. The lowest BCUT2D eigenvalue weighted by Gasteiger charge is -2.42. The van der Waals surface area contributed by atoms with Gasteiger partial charge in [0.2, 0.25) is 0 Å². The monoisotopic (exact) mass is 840 g/mol. The van der Waals surface area contributed by atoms with E-state index < -0.39 is 0 Å². The van der Waals surface area contributed by atoms with E-state index >= 15 is 0 Å². The Hall–Kier alpha value is -7.49. The van der Waals surface area contributed by atoms with Crippen LogP contribution in [0.15, 0.2) is 236 Å². The molecule has 0 fully saturated rings. The van der Waals surface area contributed by atoms with Gasteiger partial charge in [-0.1, -0.05) is 164 Å². The molecule has 0 bridgehead atoms. The molecule has 314 valence electrons. The summed E-state index contributed by atoms with van der Waals surface area (Å²) in [6, 6.07) is 60.7. The molecule has 0 aliphatic heterocycles. The van der Waals surface area contributed by atoms with E-state index in [4.69, 9.17) is 0 Å². The van der Waals surface area contributed by atoms with Gasteiger partial charge in [-0.2, -0.15) is 0 Å². The lowest BCUT2D eigenvalue weighted by Crippen LogP contribution is -2.37. The molecule has 0 saturated heterocycles. The highest BCUT2D eigenvalue weighted by molar-refractivity contribution is 6.11. The molecule has 0 radical (unpaired) electrons. The Morgan fingerprint density at radius 2 is 1.35 bits per heavy atom. The third-order valence-electron chi connectivity index (χ3n) is 14.4. The van der Waals surface area contributed by atoms with Crippen molar-refractivity contribution in [3.63, 3.8) is 0 Å². The lowest BCUT2D eigenvalue weighted by molar-refractivity contribution is 0.433. The first kappa shape index (κ1) is 39.1. The average molecular weight is 841 g/mol. The normalized spacial score (nSPS) is 20.9. The SMILES string of the molecule is CC1C=CC=C(n2c3ccccc3c3cc(-c4cccc(-c5cccc(N(C6=CC7C(C=C6)c6ccccc6C7(C6=CC=CCC6)c6ccccc6)c6ccc(F)cc6)c5)c4)ccc32)C1. The Bertz CT molecular complexity index is 3340. The molecule has 2 nitrogen and oxygen atoms in total. The van der Waals surface area contributed by atoms with Crippen molar-refractivity contribution < 1.29 is 4.39 Å². The minimum Gasteiger partial charge on any atom is -0.313 e. The van der Waals surface area contributed by atoms with E-state index in [0.717, 1.165) is 47.5 Å². The van der Waals surface area contributed by atoms with Crippen LogP contribution in [0.25, 0.3) is 49.8 Å². The third-order valence-corrected chi connectivity index (χ3v) is 14.4. The molecule has 1 aromatic heterocycles. The summed E-state index contributed by atoms with van der Waals surface area (Å²) in [5.41, 5.74) is 16.6. The molecule has 4 atom stereocenters. The zero-order chi connectivity index (χ0) is 43.5. The van der Waals surface area contributed by atoms with Crippen LogP contribution in [0.5, 0.6) is 0 Å². The second-order valence-electron chi connectivity index (χ2n) is 18.2. The first-order valence-corrected chi connectivity index (χ1v) is 23.1. The first-order chi connectivity index (χ1) is 32.0. The molecule has 65 heavy (non-hydrogen) atoms. The van der Waals surface area contributed by atoms with Gasteiger partial charge < -0.3 is 9.47 Å². The van der Waals surface area contributed by atoms with Gasteiger partial charge in [0.05, 0.1) is 11.0 Å². The minimum absolute atomic E-state index is 0.119. The van der Waals surface area contributed by atoms with Gasteiger partial charge in [-0.05, 0) is 137 Å². The molecule has 0 spiro atoms. The van der Waals surface area contributed by atoms with Gasteiger partial charge in [0.15, 0.2) is 0 Å². The Balaban J connectivity index is 0.960. The molecule has 4 unspecified atom stereocenters. The van der Waals surface area contributed by atoms with E-state index in [2.05, 4.69) is 217 Å². The smallest absolute Gasteiger partial charge is 0.123 e. The standard InChI is InChI=1S/C62H49FN2/c1-42-15-12-23-51(37-42)65-60-28-11-9-26-56(60)57-40-46(29-36-61(57)65)44-17-13-16-43(38-44)45-18-14-24-52(39-45)64(50-32-30-49(63)31-33-50)53-34-35-55-54-25-8-10-27-58(54)62(59(55)41-53,47-19-4-2-5-20-47)48-21-6-3-7-22-48/h2-6,8-21,23-36,38-42,55,59H,7,22,37H2,1H3. The van der Waals surface area contributed by atoms with Gasteiger partial charge in [-0.15, -0.1) is 0 Å². The summed E-state index contributed by atoms with van der Waals surface area (Å²) < 4.78 is 17.1. The van der Waals surface area contributed by atoms with Crippen molar-refractivity contribution in [1.29, 1.82) is 0 Å². The van der Waals surface area contributed by atoms with E-state index in [-0.39, 0.29) is 23.1 Å². The Labute approximate surface area is 381 Å². The fourth-order valence-corrected chi connectivity index (χ4v) is 11.6. The molecule has 7 aromatic carbocycles. The van der Waals surface area contributed by atoms with Crippen molar-refractivity contribution in [3.8, 4) is 22.3 Å². The number of rotatable bonds is 8. The summed E-state index contributed by atoms with van der Waals surface area (Å²) >= 11 is 0. The van der Waals surface area contributed by atoms with E-state index in [0.29, 0.717) is 5.92 Å². The van der Waals surface area contributed by atoms with E-state index in [1.165, 1.54) is 60.9 Å². The van der Waals surface area contributed by atoms with Crippen molar-refractivity contribution in [1.82, 2.24) is 4.57 Å². The second-order valence-corrected chi connectivity index (χ2v) is 18.2. The highest BCUT2D eigenvalue weighted by Crippen LogP contribution is 2.61. The number of nitrogens with zero attached hydrogens (tertiary/aromatic N) is 2. The first-order valence-electron chi connectivity index (χ1n) is 23.1. The largest absolute Gasteiger partial charge is 0.313 e. The van der Waals surface area contributed by atoms with Gasteiger partial charge in [0.25, 0.3) is 0 Å². The molecule has 0 amide bonds. The van der Waals surface area contributed by atoms with Crippen LogP contribution in [-0.2, 0) is 5.41 Å². The second kappa shape index (κ2) is 15.9. The van der Waals surface area contributed by atoms with Crippen LogP contribution in [0.4, 0.5) is 15.8 Å². The molecule has 4 aliphatic rings. The molecule has 0 N–H and O–H groups in total. The number of halogens is 1. The molecular weight excluding hydrogens is 792 g/mol. The maximum Gasteiger partial charge on any atom is 0.123 e. The number of para-hydroxylation sites is 1. The average Bonchev–Trinajstić information content (AvgIpc) is 3.85. The fourth-order valence-electron chi connectivity index (χ4n) is 11.6. The summed E-state index contributed by atoms with van der Waals surface area (Å²) in [7, 11) is 0. The Kier molecular flexibility index (Phi) is 9.60. The highest BCUT2D eigenvalue weighted by Gasteiger charge is 2.54. The summed E-state index contributed by atoms with van der Waals surface area (Å²) in [6.07, 6.45) is 23.9. The van der Waals surface area contributed by atoms with Crippen molar-refractivity contribution in [2.45, 2.75) is 37.5 Å². The van der Waals surface area contributed by atoms with Gasteiger partial charge in [-0.25, -0.2) is 4.39 Å². The van der Waals surface area contributed by atoms with Crippen LogP contribution in [0.1, 0.15) is 48.8 Å². The summed E-state index contributed by atoms with van der Waals surface area (Å²) in [5, 5.41) is 2.53. The third kappa shape index (κ3) is 6.52. The molecule has 8 aromatic rings. The highest BCUT2D eigenvalue weighted by atomic mass is 19.1. The predicted octanol–water partition coefficient (Wildman–Crippen LogP) is 16.3. The summed E-state index contributed by atoms with van der Waals surface area (Å²) in [4.78, 5) is 2.31. The number of hydrogen-bond acceptors (Lipinski definition) is 1. The minimum atomic E-state index is -0.346. The van der Waals surface area contributed by atoms with Crippen LogP contribution in [0, 0.1) is 17.7 Å². The zero-order valence-corrected chi connectivity index (χ0v) is 36.5. The van der Waals surface area contributed by atoms with Crippen LogP contribution < -0.4 is 4.90 Å². The van der Waals surface area contributed by atoms with Crippen molar-refractivity contribution in [2.24, 2.45) is 11.8 Å². The summed E-state index contributed by atoms with van der Waals surface area (Å²) in [5.74, 6) is 0.574. The topological polar surface area (TPSA) is 8.17 Å². The lowest BCUT2D eigenvalue weighted by atomic mass is 9.61. The van der Waals surface area contributed by atoms with Gasteiger partial charge >= 0.3 is 0 Å². The fraction of sp³-hybridized carbons (Fsp3) is 0.129. The number of allylic oxidation sites excluding steroid dienone is 11. The van der Waals surface area contributed by atoms with Crippen molar-refractivity contribution in [2.75, 3.05) is 4.90 Å². The van der Waals surface area contributed by atoms with Crippen LogP contribution in [0.2, 0.25) is 0 Å². The molecule has 1 heterocycles. The van der Waals surface area contributed by atoms with E-state index in [1.54, 1.807) is 12.1 Å². The van der Waals surface area contributed by atoms with Gasteiger partial charge in [0, 0.05) is 50.8 Å². The molecule has 12 rings (SSSR count). The van der Waals surface area contributed by atoms with Crippen molar-refractivity contribution in [3.05, 3.63) is 258 Å². The molecule has 4 aliphatic carbocycles. The van der Waals surface area contributed by atoms with E-state index in [9.17, 15) is 4.39 Å². The number of benzene rings is 7. The van der Waals surface area contributed by atoms with Gasteiger partial charge in [-0.3, -0.25) is 0 Å². The number of anilines is 2. The maximum absolute atomic E-state index is 14.7. The van der Waals surface area contributed by atoms with Crippen LogP contribution >= 0.6 is 0 Å². The maximum atomic E-state index is 14.7. The van der Waals surface area contributed by atoms with Crippen molar-refractivity contribution >= 4 is 38.9 Å². The number of aromatic nitrogens is 1. The van der Waals surface area contributed by atoms with Crippen LogP contribution in [-0.4, -0.2) is 4.57 Å². The molecular formula is C62H49FN2. The van der Waals surface area contributed by atoms with E-state index in [1.807, 2.05) is 12.1 Å². The Morgan fingerprint density at radius 3 is 2.17 bits per heavy atom. The Morgan fingerprint density at radius 1 is 0.615 bits per heavy atom. The van der Waals surface area contributed by atoms with Gasteiger partial charge in [0.1, 0.15) is 5.82 Å².